The number of nitrogens with zero attached hydrogens (tertiary/aromatic N) is 1. The molecule has 1 aromatic heterocycles. The molecule has 2 amide bonds. The van der Waals surface area contributed by atoms with Crippen LogP contribution in [0.15, 0.2) is 59.5 Å². The van der Waals surface area contributed by atoms with Crippen molar-refractivity contribution in [2.45, 2.75) is 24.7 Å². The van der Waals surface area contributed by atoms with Gasteiger partial charge in [-0.3, -0.25) is 14.4 Å². The molecule has 13 heteroatoms. The van der Waals surface area contributed by atoms with E-state index in [1.807, 2.05) is 0 Å². The summed E-state index contributed by atoms with van der Waals surface area (Å²) in [4.78, 5) is 37.0. The van der Waals surface area contributed by atoms with Crippen molar-refractivity contribution in [2.24, 2.45) is 0 Å². The second-order valence-electron chi connectivity index (χ2n) is 8.37. The van der Waals surface area contributed by atoms with Gasteiger partial charge in [-0.25, -0.2) is 9.49 Å². The van der Waals surface area contributed by atoms with Gasteiger partial charge in [-0.1, -0.05) is 12.1 Å². The molecular formula is C24H21F4N5O4. The highest BCUT2D eigenvalue weighted by molar-refractivity contribution is 5.99. The second-order valence-corrected chi connectivity index (χ2v) is 8.37. The maximum Gasteiger partial charge on any atom is 0.418 e. The van der Waals surface area contributed by atoms with Crippen LogP contribution in [0, 0.1) is 5.82 Å². The van der Waals surface area contributed by atoms with Crippen LogP contribution < -0.4 is 21.5 Å². The molecule has 4 rings (SSSR count). The molecule has 0 unspecified atom stereocenters. The molecule has 2 heterocycles. The molecule has 2 aromatic carbocycles. The largest absolute Gasteiger partial charge is 0.418 e. The number of ether oxygens (including phenoxy) is 1. The highest BCUT2D eigenvalue weighted by atomic mass is 19.4. The number of H-pyrrole nitrogens is 1. The highest BCUT2D eigenvalue weighted by Gasteiger charge is 2.43. The van der Waals surface area contributed by atoms with Crippen molar-refractivity contribution in [1.82, 2.24) is 20.8 Å². The fourth-order valence-corrected chi connectivity index (χ4v) is 3.76. The third-order valence-electron chi connectivity index (χ3n) is 5.71. The number of amides is 2. The van der Waals surface area contributed by atoms with Crippen molar-refractivity contribution >= 4 is 23.2 Å². The fourth-order valence-electron chi connectivity index (χ4n) is 3.76. The quantitative estimate of drug-likeness (QED) is 0.356. The molecular weight excluding hydrogens is 498 g/mol. The van der Waals surface area contributed by atoms with Gasteiger partial charge in [-0.2, -0.15) is 18.3 Å². The molecule has 1 aliphatic heterocycles. The first kappa shape index (κ1) is 25.8. The Kier molecular flexibility index (Phi) is 7.25. The van der Waals surface area contributed by atoms with Crippen molar-refractivity contribution in [2.75, 3.05) is 18.5 Å². The number of hydrogen-bond acceptors (Lipinski definition) is 6. The summed E-state index contributed by atoms with van der Waals surface area (Å²) in [5, 5.41) is 13.7. The van der Waals surface area contributed by atoms with E-state index in [9.17, 15) is 31.9 Å². The van der Waals surface area contributed by atoms with Crippen LogP contribution in [0.25, 0.3) is 0 Å². The first-order valence-corrected chi connectivity index (χ1v) is 11.0. The first-order valence-electron chi connectivity index (χ1n) is 11.0. The number of benzene rings is 2. The van der Waals surface area contributed by atoms with Crippen LogP contribution in [0.3, 0.4) is 0 Å². The topological polar surface area (TPSA) is 125 Å². The van der Waals surface area contributed by atoms with Crippen LogP contribution in [0.4, 0.5) is 28.9 Å². The maximum atomic E-state index is 13.3. The summed E-state index contributed by atoms with van der Waals surface area (Å²) < 4.78 is 58.3. The van der Waals surface area contributed by atoms with Gasteiger partial charge in [0.15, 0.2) is 0 Å². The van der Waals surface area contributed by atoms with Crippen LogP contribution in [0.1, 0.15) is 27.9 Å². The van der Waals surface area contributed by atoms with Gasteiger partial charge in [0.25, 0.3) is 11.5 Å². The van der Waals surface area contributed by atoms with E-state index in [1.165, 1.54) is 12.1 Å². The zero-order valence-corrected chi connectivity index (χ0v) is 19.1. The van der Waals surface area contributed by atoms with E-state index in [1.54, 1.807) is 12.1 Å². The average Bonchev–Trinajstić information content (AvgIpc) is 3.33. The summed E-state index contributed by atoms with van der Waals surface area (Å²) in [5.74, 6) is -2.16. The Morgan fingerprint density at radius 1 is 1.11 bits per heavy atom. The normalized spacial score (nSPS) is 17.3. The van der Waals surface area contributed by atoms with Gasteiger partial charge in [-0.05, 0) is 35.9 Å². The van der Waals surface area contributed by atoms with E-state index < -0.39 is 40.5 Å². The van der Waals surface area contributed by atoms with Gasteiger partial charge < -0.3 is 20.7 Å². The predicted molar refractivity (Wildman–Crippen MR) is 123 cm³/mol. The van der Waals surface area contributed by atoms with Crippen molar-refractivity contribution in [3.05, 3.63) is 87.6 Å². The minimum absolute atomic E-state index is 0.0132. The number of hydrogen-bond donors (Lipinski definition) is 4. The number of alkyl halides is 3. The third-order valence-corrected chi connectivity index (χ3v) is 5.71. The second kappa shape index (κ2) is 10.4. The Bertz CT molecular complexity index is 1350. The number of rotatable bonds is 7. The van der Waals surface area contributed by atoms with Gasteiger partial charge >= 0.3 is 6.18 Å². The summed E-state index contributed by atoms with van der Waals surface area (Å²) in [6.07, 6.45) is -3.36. The number of halogens is 4. The predicted octanol–water partition coefficient (Wildman–Crippen LogP) is 2.88. The van der Waals surface area contributed by atoms with E-state index in [4.69, 9.17) is 4.74 Å². The molecule has 1 saturated heterocycles. The van der Waals surface area contributed by atoms with Crippen molar-refractivity contribution in [3.8, 4) is 0 Å². The molecule has 9 nitrogen and oxygen atoms in total. The molecule has 0 bridgehead atoms. The molecule has 4 N–H and O–H groups in total. The standard InChI is InChI=1S/C24H21F4N5O4/c25-16-3-6-19(18(10-16)24(26,27)28)31-17-4-1-14(2-5-17)11-29-22(36)23(7-8-37-13-23)32-21(35)15-9-20(34)33-30-12-15/h1-6,9-10,12,31H,7-8,11,13H2,(H,29,36)(H,32,35)(H,33,34)/t23-/m0/s1. The van der Waals surface area contributed by atoms with Crippen LogP contribution in [-0.4, -0.2) is 40.8 Å². The molecule has 1 aliphatic rings. The lowest BCUT2D eigenvalue weighted by molar-refractivity contribution is -0.137. The highest BCUT2D eigenvalue weighted by Crippen LogP contribution is 2.36. The third kappa shape index (κ3) is 6.12. The maximum absolute atomic E-state index is 13.3. The molecule has 0 radical (unpaired) electrons. The van der Waals surface area contributed by atoms with Gasteiger partial charge in [0.1, 0.15) is 11.4 Å². The summed E-state index contributed by atoms with van der Waals surface area (Å²) in [6.45, 7) is 0.238. The van der Waals surface area contributed by atoms with Crippen LogP contribution in [0.2, 0.25) is 0 Å². The van der Waals surface area contributed by atoms with Crippen LogP contribution >= 0.6 is 0 Å². The Morgan fingerprint density at radius 3 is 2.51 bits per heavy atom. The van der Waals surface area contributed by atoms with E-state index in [0.717, 1.165) is 24.4 Å². The van der Waals surface area contributed by atoms with Crippen molar-refractivity contribution in [1.29, 1.82) is 0 Å². The Labute approximate surface area is 207 Å². The van der Waals surface area contributed by atoms with E-state index in [2.05, 4.69) is 26.1 Å². The van der Waals surface area contributed by atoms with E-state index >= 15 is 0 Å². The lowest BCUT2D eigenvalue weighted by Gasteiger charge is -2.27. The van der Waals surface area contributed by atoms with Gasteiger partial charge in [0.05, 0.1) is 29.6 Å². The van der Waals surface area contributed by atoms with Crippen LogP contribution in [-0.2, 0) is 22.3 Å². The van der Waals surface area contributed by atoms with Gasteiger partial charge in [0, 0.05) is 31.3 Å². The van der Waals surface area contributed by atoms with Crippen molar-refractivity contribution in [3.63, 3.8) is 0 Å². The Hall–Kier alpha value is -4.26. The molecule has 3 aromatic rings. The molecule has 194 valence electrons. The molecule has 1 atom stereocenters. The molecule has 0 saturated carbocycles. The summed E-state index contributed by atoms with van der Waals surface area (Å²) in [6, 6.07) is 9.63. The smallest absolute Gasteiger partial charge is 0.378 e. The Balaban J connectivity index is 1.40. The average molecular weight is 519 g/mol. The van der Waals surface area contributed by atoms with Crippen LogP contribution in [0.5, 0.6) is 0 Å². The van der Waals surface area contributed by atoms with Gasteiger partial charge in [0.2, 0.25) is 5.91 Å². The number of carbonyl (C=O) groups excluding carboxylic acids is 2. The van der Waals surface area contributed by atoms with E-state index in [-0.39, 0.29) is 37.4 Å². The summed E-state index contributed by atoms with van der Waals surface area (Å²) in [7, 11) is 0. The SMILES string of the molecule is O=C(N[C@@]1(C(=O)NCc2ccc(Nc3ccc(F)cc3C(F)(F)F)cc2)CCOC1)c1cn[nH]c(=O)c1. The number of aromatic nitrogens is 2. The Morgan fingerprint density at radius 2 is 1.86 bits per heavy atom. The number of aromatic amines is 1. The monoisotopic (exact) mass is 519 g/mol. The number of carbonyl (C=O) groups is 2. The molecule has 1 fully saturated rings. The number of anilines is 2. The lowest BCUT2D eigenvalue weighted by Crippen LogP contribution is -2.59. The number of nitrogens with one attached hydrogen (secondary N) is 4. The molecule has 37 heavy (non-hydrogen) atoms. The summed E-state index contributed by atoms with van der Waals surface area (Å²) >= 11 is 0. The van der Waals surface area contributed by atoms with Gasteiger partial charge in [-0.15, -0.1) is 0 Å². The van der Waals surface area contributed by atoms with Crippen molar-refractivity contribution < 1.29 is 31.9 Å². The van der Waals surface area contributed by atoms with E-state index in [0.29, 0.717) is 17.3 Å². The minimum atomic E-state index is -4.74. The zero-order chi connectivity index (χ0) is 26.6. The molecule has 0 spiro atoms. The zero-order valence-electron chi connectivity index (χ0n) is 19.1. The lowest BCUT2D eigenvalue weighted by atomic mass is 9.96. The first-order chi connectivity index (χ1) is 17.6. The fraction of sp³-hybridized carbons (Fsp3) is 0.250. The molecule has 0 aliphatic carbocycles. The minimum Gasteiger partial charge on any atom is -0.378 e. The summed E-state index contributed by atoms with van der Waals surface area (Å²) in [5.41, 5.74) is -2.41.